The average molecular weight is 252 g/mol. The second kappa shape index (κ2) is 6.02. The number of nitrogens with one attached hydrogen (secondary N) is 1. The van der Waals surface area contributed by atoms with Gasteiger partial charge in [-0.3, -0.25) is 4.79 Å². The van der Waals surface area contributed by atoms with Gasteiger partial charge in [0, 0.05) is 18.4 Å². The van der Waals surface area contributed by atoms with E-state index in [4.69, 9.17) is 15.6 Å². The number of nitrogen functional groups attached to an aromatic ring is 1. The van der Waals surface area contributed by atoms with Crippen molar-refractivity contribution < 1.29 is 19.4 Å². The molecule has 0 aliphatic carbocycles. The van der Waals surface area contributed by atoms with Gasteiger partial charge in [-0.2, -0.15) is 0 Å². The van der Waals surface area contributed by atoms with Gasteiger partial charge < -0.3 is 20.9 Å². The van der Waals surface area contributed by atoms with Crippen molar-refractivity contribution in [3.63, 3.8) is 0 Å². The summed E-state index contributed by atoms with van der Waals surface area (Å²) in [6.45, 7) is 1.69. The van der Waals surface area contributed by atoms with E-state index in [0.29, 0.717) is 11.3 Å². The van der Waals surface area contributed by atoms with Crippen molar-refractivity contribution >= 4 is 17.6 Å². The number of carboxylic acids is 1. The monoisotopic (exact) mass is 252 g/mol. The fourth-order valence-corrected chi connectivity index (χ4v) is 1.40. The largest absolute Gasteiger partial charge is 0.480 e. The minimum atomic E-state index is -1.14. The molecule has 4 N–H and O–H groups in total. The van der Waals surface area contributed by atoms with Crippen LogP contribution >= 0.6 is 0 Å². The van der Waals surface area contributed by atoms with E-state index < -0.39 is 17.9 Å². The van der Waals surface area contributed by atoms with Gasteiger partial charge in [0.2, 0.25) is 0 Å². The van der Waals surface area contributed by atoms with Crippen LogP contribution < -0.4 is 11.1 Å². The number of aryl methyl sites for hydroxylation is 1. The van der Waals surface area contributed by atoms with Crippen LogP contribution in [0.25, 0.3) is 0 Å². The number of amides is 1. The van der Waals surface area contributed by atoms with Crippen molar-refractivity contribution in [1.29, 1.82) is 0 Å². The maximum atomic E-state index is 11.8. The van der Waals surface area contributed by atoms with E-state index in [1.165, 1.54) is 7.11 Å². The van der Waals surface area contributed by atoms with E-state index in [1.54, 1.807) is 25.1 Å². The number of carbonyl (C=O) groups is 2. The van der Waals surface area contributed by atoms with Gasteiger partial charge in [0.1, 0.15) is 0 Å². The molecule has 0 spiro atoms. The van der Waals surface area contributed by atoms with Crippen LogP contribution in [0.3, 0.4) is 0 Å². The molecule has 1 aromatic rings. The molecule has 0 fully saturated rings. The molecule has 0 saturated carbocycles. The van der Waals surface area contributed by atoms with Gasteiger partial charge in [0.05, 0.1) is 6.61 Å². The molecule has 1 atom stereocenters. The summed E-state index contributed by atoms with van der Waals surface area (Å²) >= 11 is 0. The molecule has 98 valence electrons. The number of carbonyl (C=O) groups excluding carboxylic acids is 1. The number of methoxy groups -OCH3 is 1. The molecule has 0 aliphatic heterocycles. The second-order valence-electron chi connectivity index (χ2n) is 3.89. The number of benzene rings is 1. The van der Waals surface area contributed by atoms with Crippen LogP contribution in [-0.2, 0) is 9.53 Å². The van der Waals surface area contributed by atoms with Crippen LogP contribution in [0.2, 0.25) is 0 Å². The predicted octanol–water partition coefficient (Wildman–Crippen LogP) is 0.407. The van der Waals surface area contributed by atoms with Gasteiger partial charge in [0.25, 0.3) is 5.91 Å². The fourth-order valence-electron chi connectivity index (χ4n) is 1.40. The van der Waals surface area contributed by atoms with Crippen LogP contribution in [0.5, 0.6) is 0 Å². The Balaban J connectivity index is 2.80. The highest BCUT2D eigenvalue weighted by molar-refractivity contribution is 5.97. The van der Waals surface area contributed by atoms with Crippen molar-refractivity contribution in [2.45, 2.75) is 13.0 Å². The highest BCUT2D eigenvalue weighted by atomic mass is 16.5. The molecule has 1 rings (SSSR count). The lowest BCUT2D eigenvalue weighted by molar-refractivity contribution is -0.140. The minimum absolute atomic E-state index is 0.0883. The molecular formula is C12H16N2O4. The minimum Gasteiger partial charge on any atom is -0.480 e. The number of hydrogen-bond donors (Lipinski definition) is 3. The first-order valence-electron chi connectivity index (χ1n) is 5.34. The number of hydrogen-bond acceptors (Lipinski definition) is 4. The molecule has 1 aromatic carbocycles. The Morgan fingerprint density at radius 3 is 2.67 bits per heavy atom. The Labute approximate surface area is 105 Å². The summed E-state index contributed by atoms with van der Waals surface area (Å²) in [4.78, 5) is 22.7. The Morgan fingerprint density at radius 1 is 1.50 bits per heavy atom. The summed E-state index contributed by atoms with van der Waals surface area (Å²) in [7, 11) is 1.37. The highest BCUT2D eigenvalue weighted by Gasteiger charge is 2.20. The molecule has 6 nitrogen and oxygen atoms in total. The molecule has 6 heteroatoms. The quantitative estimate of drug-likeness (QED) is 0.659. The Hall–Kier alpha value is -2.08. The van der Waals surface area contributed by atoms with Crippen LogP contribution in [0.1, 0.15) is 15.9 Å². The first-order valence-corrected chi connectivity index (χ1v) is 5.34. The summed E-state index contributed by atoms with van der Waals surface area (Å²) in [5, 5.41) is 11.3. The van der Waals surface area contributed by atoms with E-state index in [2.05, 4.69) is 5.32 Å². The van der Waals surface area contributed by atoms with Crippen molar-refractivity contribution in [3.05, 3.63) is 29.3 Å². The van der Waals surface area contributed by atoms with Gasteiger partial charge in [-0.15, -0.1) is 0 Å². The molecule has 1 amide bonds. The van der Waals surface area contributed by atoms with E-state index in [0.717, 1.165) is 5.56 Å². The third-order valence-corrected chi connectivity index (χ3v) is 2.47. The lowest BCUT2D eigenvalue weighted by Crippen LogP contribution is -2.43. The molecule has 0 radical (unpaired) electrons. The number of anilines is 1. The topological polar surface area (TPSA) is 102 Å². The maximum absolute atomic E-state index is 11.8. The molecule has 0 heterocycles. The molecule has 0 aromatic heterocycles. The Bertz CT molecular complexity index is 459. The van der Waals surface area contributed by atoms with Crippen LogP contribution in [0.4, 0.5) is 5.69 Å². The van der Waals surface area contributed by atoms with E-state index >= 15 is 0 Å². The lowest BCUT2D eigenvalue weighted by atomic mass is 10.1. The first kappa shape index (κ1) is 14.0. The van der Waals surface area contributed by atoms with Crippen molar-refractivity contribution in [2.24, 2.45) is 0 Å². The van der Waals surface area contributed by atoms with E-state index in [1.807, 2.05) is 0 Å². The third kappa shape index (κ3) is 3.46. The van der Waals surface area contributed by atoms with Crippen LogP contribution in [0.15, 0.2) is 18.2 Å². The zero-order valence-corrected chi connectivity index (χ0v) is 10.3. The average Bonchev–Trinajstić information content (AvgIpc) is 2.31. The summed E-state index contributed by atoms with van der Waals surface area (Å²) in [6, 6.07) is 3.69. The van der Waals surface area contributed by atoms with E-state index in [9.17, 15) is 9.59 Å². The van der Waals surface area contributed by atoms with Crippen molar-refractivity contribution in [2.75, 3.05) is 19.5 Å². The van der Waals surface area contributed by atoms with E-state index in [-0.39, 0.29) is 6.61 Å². The van der Waals surface area contributed by atoms with Gasteiger partial charge in [-0.25, -0.2) is 4.79 Å². The number of ether oxygens (including phenoxy) is 1. The van der Waals surface area contributed by atoms with Gasteiger partial charge >= 0.3 is 5.97 Å². The van der Waals surface area contributed by atoms with Crippen LogP contribution in [0, 0.1) is 6.92 Å². The normalized spacial score (nSPS) is 11.9. The van der Waals surface area contributed by atoms with Gasteiger partial charge in [-0.1, -0.05) is 0 Å². The van der Waals surface area contributed by atoms with Gasteiger partial charge in [-0.05, 0) is 30.7 Å². The Kier molecular flexibility index (Phi) is 4.67. The molecule has 0 saturated heterocycles. The summed E-state index contributed by atoms with van der Waals surface area (Å²) in [5.74, 6) is -1.61. The fraction of sp³-hybridized carbons (Fsp3) is 0.333. The smallest absolute Gasteiger partial charge is 0.328 e. The standard InChI is InChI=1S/C12H16N2O4/c1-7-5-8(3-4-9(7)13)11(15)14-10(6-18-2)12(16)17/h3-5,10H,6,13H2,1-2H3,(H,14,15)(H,16,17). The zero-order chi connectivity index (χ0) is 13.7. The predicted molar refractivity (Wildman–Crippen MR) is 66.4 cm³/mol. The summed E-state index contributed by atoms with van der Waals surface area (Å²) in [5.41, 5.74) is 7.35. The number of nitrogens with two attached hydrogens (primary N) is 1. The van der Waals surface area contributed by atoms with Gasteiger partial charge in [0.15, 0.2) is 6.04 Å². The SMILES string of the molecule is COCC(NC(=O)c1ccc(N)c(C)c1)C(=O)O. The highest BCUT2D eigenvalue weighted by Crippen LogP contribution is 2.12. The first-order chi connectivity index (χ1) is 8.45. The summed E-state index contributed by atoms with van der Waals surface area (Å²) < 4.78 is 4.73. The molecule has 0 aliphatic rings. The van der Waals surface area contributed by atoms with Crippen molar-refractivity contribution in [1.82, 2.24) is 5.32 Å². The Morgan fingerprint density at radius 2 is 2.17 bits per heavy atom. The zero-order valence-electron chi connectivity index (χ0n) is 10.3. The molecule has 18 heavy (non-hydrogen) atoms. The number of carboxylic acid groups (broad SMARTS) is 1. The number of aliphatic carboxylic acids is 1. The lowest BCUT2D eigenvalue weighted by Gasteiger charge is -2.13. The maximum Gasteiger partial charge on any atom is 0.328 e. The van der Waals surface area contributed by atoms with Crippen LogP contribution in [-0.4, -0.2) is 36.7 Å². The molecule has 1 unspecified atom stereocenters. The van der Waals surface area contributed by atoms with Crippen molar-refractivity contribution in [3.8, 4) is 0 Å². The molecule has 0 bridgehead atoms. The second-order valence-corrected chi connectivity index (χ2v) is 3.89. The summed E-state index contributed by atoms with van der Waals surface area (Å²) in [6.07, 6.45) is 0. The number of rotatable bonds is 5. The third-order valence-electron chi connectivity index (χ3n) is 2.47. The molecular weight excluding hydrogens is 236 g/mol.